The van der Waals surface area contributed by atoms with Gasteiger partial charge in [-0.05, 0) is 63.6 Å². The Bertz CT molecular complexity index is 810. The van der Waals surface area contributed by atoms with Crippen LogP contribution in [0.15, 0.2) is 17.1 Å². The molecule has 0 aliphatic carbocycles. The maximum absolute atomic E-state index is 12.6. The molecule has 0 aromatic carbocycles. The van der Waals surface area contributed by atoms with Crippen molar-refractivity contribution in [1.82, 2.24) is 9.13 Å². The van der Waals surface area contributed by atoms with Gasteiger partial charge in [0.1, 0.15) is 0 Å². The Morgan fingerprint density at radius 2 is 1.83 bits per heavy atom. The van der Waals surface area contributed by atoms with E-state index in [0.29, 0.717) is 38.3 Å². The Kier molecular flexibility index (Phi) is 9.96. The lowest BCUT2D eigenvalue weighted by Gasteiger charge is -2.32. The Labute approximate surface area is 179 Å². The highest BCUT2D eigenvalue weighted by Crippen LogP contribution is 2.35. The molecule has 1 aromatic rings. The van der Waals surface area contributed by atoms with Gasteiger partial charge in [0, 0.05) is 25.2 Å². The Balaban J connectivity index is 2.46. The van der Waals surface area contributed by atoms with E-state index < -0.39 is 5.41 Å². The monoisotopic (exact) mass is 424 g/mol. The van der Waals surface area contributed by atoms with Crippen LogP contribution in [0.2, 0.25) is 0 Å². The summed E-state index contributed by atoms with van der Waals surface area (Å²) in [4.78, 5) is 36.7. The second-order valence-corrected chi connectivity index (χ2v) is 8.93. The summed E-state index contributed by atoms with van der Waals surface area (Å²) in [5, 5.41) is 0. The van der Waals surface area contributed by atoms with Crippen molar-refractivity contribution in [1.29, 1.82) is 0 Å². The average Bonchev–Trinajstić information content (AvgIpc) is 2.63. The highest BCUT2D eigenvalue weighted by atomic mass is 32.1. The summed E-state index contributed by atoms with van der Waals surface area (Å²) in [6, 6.07) is 1.36. The second-order valence-electron chi connectivity index (χ2n) is 8.56. The molecule has 0 bridgehead atoms. The zero-order valence-electron chi connectivity index (χ0n) is 18.7. The van der Waals surface area contributed by atoms with Crippen molar-refractivity contribution < 1.29 is 14.3 Å². The van der Waals surface area contributed by atoms with Gasteiger partial charge >= 0.3 is 5.97 Å². The van der Waals surface area contributed by atoms with E-state index in [1.54, 1.807) is 0 Å². The van der Waals surface area contributed by atoms with E-state index in [2.05, 4.69) is 27.7 Å². The first-order valence-corrected chi connectivity index (χ1v) is 11.0. The van der Waals surface area contributed by atoms with E-state index in [9.17, 15) is 14.4 Å². The van der Waals surface area contributed by atoms with Crippen molar-refractivity contribution in [3.63, 3.8) is 0 Å². The van der Waals surface area contributed by atoms with Crippen LogP contribution in [0.25, 0.3) is 0 Å². The van der Waals surface area contributed by atoms with Gasteiger partial charge in [0.25, 0.3) is 5.56 Å². The van der Waals surface area contributed by atoms with Gasteiger partial charge in [-0.2, -0.15) is 0 Å². The van der Waals surface area contributed by atoms with E-state index in [1.807, 2.05) is 13.8 Å². The summed E-state index contributed by atoms with van der Waals surface area (Å²) in [5.41, 5.74) is -0.669. The molecule has 1 unspecified atom stereocenters. The molecule has 1 atom stereocenters. The molecule has 0 aliphatic heterocycles. The molecule has 29 heavy (non-hydrogen) atoms. The van der Waals surface area contributed by atoms with Gasteiger partial charge < -0.3 is 4.74 Å². The van der Waals surface area contributed by atoms with Crippen LogP contribution >= 0.6 is 12.2 Å². The van der Waals surface area contributed by atoms with Crippen molar-refractivity contribution in [2.45, 2.75) is 80.2 Å². The molecule has 1 heterocycles. The third-order valence-corrected chi connectivity index (χ3v) is 5.91. The van der Waals surface area contributed by atoms with Gasteiger partial charge in [0.15, 0.2) is 4.77 Å². The van der Waals surface area contributed by atoms with Crippen LogP contribution in [-0.2, 0) is 16.1 Å². The molecule has 0 saturated heterocycles. The Morgan fingerprint density at radius 3 is 2.38 bits per heavy atom. The number of hydrogen-bond donors (Lipinski definition) is 0. The van der Waals surface area contributed by atoms with Crippen molar-refractivity contribution in [3.8, 4) is 0 Å². The molecular formula is C22H36N2O4S. The minimum atomic E-state index is -0.469. The zero-order chi connectivity index (χ0) is 22.2. The maximum atomic E-state index is 12.6. The van der Waals surface area contributed by atoms with Crippen LogP contribution in [0.3, 0.4) is 0 Å². The van der Waals surface area contributed by atoms with Crippen LogP contribution < -0.4 is 5.56 Å². The molecule has 1 aromatic heterocycles. The lowest BCUT2D eigenvalue weighted by atomic mass is 9.73. The fourth-order valence-electron chi connectivity index (χ4n) is 3.41. The Hall–Kier alpha value is -1.76. The van der Waals surface area contributed by atoms with Gasteiger partial charge in [0.05, 0.1) is 12.0 Å². The van der Waals surface area contributed by atoms with E-state index in [1.165, 1.54) is 21.4 Å². The minimum Gasteiger partial charge on any atom is -0.465 e. The van der Waals surface area contributed by atoms with Crippen LogP contribution in [0, 0.1) is 22.0 Å². The fourth-order valence-corrected chi connectivity index (χ4v) is 3.79. The smallest absolute Gasteiger partial charge is 0.312 e. The number of aromatic nitrogens is 2. The summed E-state index contributed by atoms with van der Waals surface area (Å²) in [6.07, 6.45) is 4.76. The number of esters is 1. The van der Waals surface area contributed by atoms with E-state index in [-0.39, 0.29) is 28.1 Å². The standard InChI is InChI=1S/C22H36N2O4S/c1-7-23-19(26)12-13-24(21(23)29)18(25)11-9-8-10-14-28-20(27)22(6,17(4)5)15-16(2)3/h12-13,16-17H,7-11,14-15H2,1-6H3. The number of carbonyl (C=O) groups excluding carboxylic acids is 2. The second kappa shape index (κ2) is 11.4. The molecule has 0 aliphatic rings. The first kappa shape index (κ1) is 25.3. The average molecular weight is 425 g/mol. The lowest BCUT2D eigenvalue weighted by molar-refractivity contribution is -0.159. The molecule has 0 fully saturated rings. The first-order chi connectivity index (χ1) is 13.5. The van der Waals surface area contributed by atoms with Gasteiger partial charge in [-0.1, -0.05) is 27.7 Å². The summed E-state index contributed by atoms with van der Waals surface area (Å²) >= 11 is 5.24. The normalized spacial score (nSPS) is 13.5. The highest BCUT2D eigenvalue weighted by Gasteiger charge is 2.38. The molecule has 0 amide bonds. The third-order valence-electron chi connectivity index (χ3n) is 5.50. The predicted octanol–water partition coefficient (Wildman–Crippen LogP) is 4.85. The quantitative estimate of drug-likeness (QED) is 0.288. The van der Waals surface area contributed by atoms with Gasteiger partial charge in [-0.25, -0.2) is 0 Å². The number of hydrogen-bond acceptors (Lipinski definition) is 5. The van der Waals surface area contributed by atoms with Gasteiger partial charge in [0.2, 0.25) is 5.91 Å². The predicted molar refractivity (Wildman–Crippen MR) is 118 cm³/mol. The molecule has 0 spiro atoms. The third kappa shape index (κ3) is 6.91. The van der Waals surface area contributed by atoms with Crippen molar-refractivity contribution in [2.75, 3.05) is 6.61 Å². The van der Waals surface area contributed by atoms with E-state index in [0.717, 1.165) is 12.8 Å². The van der Waals surface area contributed by atoms with E-state index in [4.69, 9.17) is 17.0 Å². The molecule has 0 N–H and O–H groups in total. The van der Waals surface area contributed by atoms with Crippen LogP contribution in [0.4, 0.5) is 0 Å². The van der Waals surface area contributed by atoms with Crippen molar-refractivity contribution in [3.05, 3.63) is 27.4 Å². The first-order valence-electron chi connectivity index (χ1n) is 10.6. The number of carbonyl (C=O) groups is 2. The summed E-state index contributed by atoms with van der Waals surface area (Å²) < 4.78 is 8.53. The lowest BCUT2D eigenvalue weighted by Crippen LogP contribution is -2.36. The molecule has 164 valence electrons. The molecule has 0 saturated carbocycles. The van der Waals surface area contributed by atoms with Crippen LogP contribution in [0.5, 0.6) is 0 Å². The van der Waals surface area contributed by atoms with Crippen LogP contribution in [0.1, 0.15) is 78.4 Å². The molecule has 7 heteroatoms. The SMILES string of the molecule is CCn1c(=O)ccn(C(=O)CCCCCOC(=O)C(C)(CC(C)C)C(C)C)c1=S. The van der Waals surface area contributed by atoms with Crippen molar-refractivity contribution in [2.24, 2.45) is 17.3 Å². The fraction of sp³-hybridized carbons (Fsp3) is 0.727. The minimum absolute atomic E-state index is 0.126. The Morgan fingerprint density at radius 1 is 1.17 bits per heavy atom. The summed E-state index contributed by atoms with van der Waals surface area (Å²) in [5.74, 6) is 0.379. The summed E-state index contributed by atoms with van der Waals surface area (Å²) in [6.45, 7) is 12.9. The number of rotatable bonds is 11. The van der Waals surface area contributed by atoms with Crippen LogP contribution in [-0.4, -0.2) is 27.6 Å². The number of unbranched alkanes of at least 4 members (excludes halogenated alkanes) is 2. The largest absolute Gasteiger partial charge is 0.465 e. The molecule has 0 radical (unpaired) electrons. The summed E-state index contributed by atoms with van der Waals surface area (Å²) in [7, 11) is 0. The van der Waals surface area contributed by atoms with Gasteiger partial charge in [-0.15, -0.1) is 0 Å². The number of nitrogens with zero attached hydrogens (tertiary/aromatic N) is 2. The highest BCUT2D eigenvalue weighted by molar-refractivity contribution is 7.71. The van der Waals surface area contributed by atoms with E-state index >= 15 is 0 Å². The molecule has 6 nitrogen and oxygen atoms in total. The maximum Gasteiger partial charge on any atom is 0.312 e. The number of ether oxygens (including phenoxy) is 1. The zero-order valence-corrected chi connectivity index (χ0v) is 19.5. The topological polar surface area (TPSA) is 70.3 Å². The van der Waals surface area contributed by atoms with Crippen molar-refractivity contribution >= 4 is 24.1 Å². The van der Waals surface area contributed by atoms with Gasteiger partial charge in [-0.3, -0.25) is 23.5 Å². The molecule has 1 rings (SSSR count). The molecular weight excluding hydrogens is 388 g/mol.